The molecule has 20 heavy (non-hydrogen) atoms. The van der Waals surface area contributed by atoms with Crippen molar-refractivity contribution < 1.29 is 9.53 Å². The molecular weight excluding hydrogens is 276 g/mol. The number of amides is 2. The summed E-state index contributed by atoms with van der Waals surface area (Å²) in [5.41, 5.74) is 0.794. The summed E-state index contributed by atoms with van der Waals surface area (Å²) in [6.45, 7) is 2.34. The standard InChI is InChI=1S/C13H16N4O2S/c18-13(15-11-3-6-20-9-11)16-12-1-4-14-17(12)7-10-2-5-19-8-10/h1,3-4,6,9-10H,2,5,7-8H2,(H2,15,16,18)/t10-/m0/s1. The molecule has 0 spiro atoms. The van der Waals surface area contributed by atoms with E-state index in [9.17, 15) is 4.79 Å². The van der Waals surface area contributed by atoms with E-state index in [-0.39, 0.29) is 6.03 Å². The lowest BCUT2D eigenvalue weighted by Crippen LogP contribution is -2.22. The second-order valence-corrected chi connectivity index (χ2v) is 5.50. The van der Waals surface area contributed by atoms with Gasteiger partial charge in [-0.2, -0.15) is 16.4 Å². The normalized spacial score (nSPS) is 18.1. The van der Waals surface area contributed by atoms with Gasteiger partial charge in [-0.25, -0.2) is 9.48 Å². The van der Waals surface area contributed by atoms with Gasteiger partial charge >= 0.3 is 6.03 Å². The molecule has 7 heteroatoms. The third-order valence-electron chi connectivity index (χ3n) is 3.19. The molecule has 2 N–H and O–H groups in total. The average Bonchev–Trinajstić information content (AvgIpc) is 3.14. The van der Waals surface area contributed by atoms with Crippen LogP contribution < -0.4 is 10.6 Å². The van der Waals surface area contributed by atoms with Gasteiger partial charge < -0.3 is 10.1 Å². The molecule has 6 nitrogen and oxygen atoms in total. The number of rotatable bonds is 4. The number of thiophene rings is 1. The molecule has 1 aliphatic rings. The summed E-state index contributed by atoms with van der Waals surface area (Å²) < 4.78 is 7.17. The minimum Gasteiger partial charge on any atom is -0.381 e. The summed E-state index contributed by atoms with van der Waals surface area (Å²) >= 11 is 1.54. The zero-order valence-electron chi connectivity index (χ0n) is 10.9. The molecule has 1 aliphatic heterocycles. The van der Waals surface area contributed by atoms with E-state index < -0.39 is 0 Å². The highest BCUT2D eigenvalue weighted by Crippen LogP contribution is 2.18. The Labute approximate surface area is 120 Å². The summed E-state index contributed by atoms with van der Waals surface area (Å²) in [5, 5.41) is 13.6. The maximum absolute atomic E-state index is 11.9. The Morgan fingerprint density at radius 2 is 2.45 bits per heavy atom. The van der Waals surface area contributed by atoms with Gasteiger partial charge in [0.15, 0.2) is 0 Å². The van der Waals surface area contributed by atoms with Crippen molar-refractivity contribution >= 4 is 28.9 Å². The second-order valence-electron chi connectivity index (χ2n) is 4.72. The van der Waals surface area contributed by atoms with E-state index in [0.29, 0.717) is 11.7 Å². The largest absolute Gasteiger partial charge is 0.381 e. The Bertz CT molecular complexity index is 561. The summed E-state index contributed by atoms with van der Waals surface area (Å²) in [4.78, 5) is 11.9. The zero-order valence-corrected chi connectivity index (χ0v) is 11.7. The number of anilines is 2. The van der Waals surface area contributed by atoms with Crippen LogP contribution in [0.15, 0.2) is 29.1 Å². The topological polar surface area (TPSA) is 68.2 Å². The molecule has 1 fully saturated rings. The molecular formula is C13H16N4O2S. The number of hydrogen-bond donors (Lipinski definition) is 2. The van der Waals surface area contributed by atoms with Crippen molar-refractivity contribution in [1.82, 2.24) is 9.78 Å². The van der Waals surface area contributed by atoms with Gasteiger partial charge in [0, 0.05) is 30.5 Å². The first-order valence-electron chi connectivity index (χ1n) is 6.51. The van der Waals surface area contributed by atoms with Crippen LogP contribution in [0.1, 0.15) is 6.42 Å². The number of nitrogens with one attached hydrogen (secondary N) is 2. The molecule has 2 amide bonds. The van der Waals surface area contributed by atoms with Crippen LogP contribution in [0, 0.1) is 5.92 Å². The zero-order chi connectivity index (χ0) is 13.8. The lowest BCUT2D eigenvalue weighted by molar-refractivity contribution is 0.181. The molecule has 106 valence electrons. The average molecular weight is 292 g/mol. The van der Waals surface area contributed by atoms with Crippen molar-refractivity contribution in [3.8, 4) is 0 Å². The van der Waals surface area contributed by atoms with Gasteiger partial charge in [-0.1, -0.05) is 0 Å². The fourth-order valence-electron chi connectivity index (χ4n) is 2.17. The Morgan fingerprint density at radius 1 is 1.50 bits per heavy atom. The van der Waals surface area contributed by atoms with Gasteiger partial charge in [-0.3, -0.25) is 5.32 Å². The van der Waals surface area contributed by atoms with Crippen LogP contribution in [0.2, 0.25) is 0 Å². The van der Waals surface area contributed by atoms with Crippen molar-refractivity contribution in [3.63, 3.8) is 0 Å². The Morgan fingerprint density at radius 3 is 3.20 bits per heavy atom. The summed E-state index contributed by atoms with van der Waals surface area (Å²) in [6.07, 6.45) is 2.73. The minimum absolute atomic E-state index is 0.257. The van der Waals surface area contributed by atoms with Gasteiger partial charge in [0.1, 0.15) is 5.82 Å². The molecule has 3 rings (SSSR count). The van der Waals surface area contributed by atoms with Crippen LogP contribution in [0.5, 0.6) is 0 Å². The molecule has 0 aromatic carbocycles. The number of aromatic nitrogens is 2. The van der Waals surface area contributed by atoms with Crippen LogP contribution in [0.25, 0.3) is 0 Å². The molecule has 2 aromatic heterocycles. The molecule has 2 aromatic rings. The fraction of sp³-hybridized carbons (Fsp3) is 0.385. The van der Waals surface area contributed by atoms with Crippen LogP contribution in [-0.4, -0.2) is 29.0 Å². The predicted molar refractivity (Wildman–Crippen MR) is 78.1 cm³/mol. The van der Waals surface area contributed by atoms with Crippen LogP contribution >= 0.6 is 11.3 Å². The lowest BCUT2D eigenvalue weighted by atomic mass is 10.1. The lowest BCUT2D eigenvalue weighted by Gasteiger charge is -2.12. The van der Waals surface area contributed by atoms with Crippen molar-refractivity contribution in [1.29, 1.82) is 0 Å². The van der Waals surface area contributed by atoms with E-state index >= 15 is 0 Å². The highest BCUT2D eigenvalue weighted by atomic mass is 32.1. The van der Waals surface area contributed by atoms with Crippen LogP contribution in [0.3, 0.4) is 0 Å². The van der Waals surface area contributed by atoms with Crippen molar-refractivity contribution in [2.45, 2.75) is 13.0 Å². The highest BCUT2D eigenvalue weighted by Gasteiger charge is 2.18. The SMILES string of the molecule is O=C(Nc1ccsc1)Nc1ccnn1C[C@@H]1CCOC1. The maximum Gasteiger partial charge on any atom is 0.324 e. The van der Waals surface area contributed by atoms with Gasteiger partial charge in [0.2, 0.25) is 0 Å². The van der Waals surface area contributed by atoms with E-state index in [0.717, 1.165) is 31.9 Å². The van der Waals surface area contributed by atoms with Crippen molar-refractivity contribution in [3.05, 3.63) is 29.1 Å². The smallest absolute Gasteiger partial charge is 0.324 e. The first-order valence-corrected chi connectivity index (χ1v) is 7.45. The molecule has 0 unspecified atom stereocenters. The first kappa shape index (κ1) is 13.1. The first-order chi connectivity index (χ1) is 9.81. The fourth-order valence-corrected chi connectivity index (χ4v) is 2.76. The minimum atomic E-state index is -0.257. The number of ether oxygens (including phenoxy) is 1. The Kier molecular flexibility index (Phi) is 3.98. The molecule has 0 radical (unpaired) electrons. The van der Waals surface area contributed by atoms with Crippen molar-refractivity contribution in [2.24, 2.45) is 5.92 Å². The van der Waals surface area contributed by atoms with Crippen LogP contribution in [-0.2, 0) is 11.3 Å². The van der Waals surface area contributed by atoms with Gasteiger partial charge in [0.05, 0.1) is 18.5 Å². The van der Waals surface area contributed by atoms with E-state index in [1.807, 2.05) is 21.5 Å². The summed E-state index contributed by atoms with van der Waals surface area (Å²) in [7, 11) is 0. The summed E-state index contributed by atoms with van der Waals surface area (Å²) in [5.74, 6) is 1.17. The summed E-state index contributed by atoms with van der Waals surface area (Å²) in [6, 6.07) is 3.40. The number of carbonyl (C=O) groups excluding carboxylic acids is 1. The van der Waals surface area contributed by atoms with Gasteiger partial charge in [0.25, 0.3) is 0 Å². The number of nitrogens with zero attached hydrogens (tertiary/aromatic N) is 2. The maximum atomic E-state index is 11.9. The highest BCUT2D eigenvalue weighted by molar-refractivity contribution is 7.08. The molecule has 3 heterocycles. The predicted octanol–water partition coefficient (Wildman–Crippen LogP) is 2.63. The Balaban J connectivity index is 1.59. The van der Waals surface area contributed by atoms with Gasteiger partial charge in [-0.15, -0.1) is 0 Å². The third-order valence-corrected chi connectivity index (χ3v) is 3.88. The molecule has 0 aliphatic carbocycles. The van der Waals surface area contributed by atoms with E-state index in [4.69, 9.17) is 4.74 Å². The molecule has 0 bridgehead atoms. The second kappa shape index (κ2) is 6.06. The van der Waals surface area contributed by atoms with E-state index in [1.165, 1.54) is 0 Å². The quantitative estimate of drug-likeness (QED) is 0.910. The molecule has 1 saturated heterocycles. The van der Waals surface area contributed by atoms with E-state index in [2.05, 4.69) is 15.7 Å². The number of carbonyl (C=O) groups is 1. The molecule has 1 atom stereocenters. The monoisotopic (exact) mass is 292 g/mol. The van der Waals surface area contributed by atoms with E-state index in [1.54, 1.807) is 23.6 Å². The Hall–Kier alpha value is -1.86. The van der Waals surface area contributed by atoms with Crippen LogP contribution in [0.4, 0.5) is 16.3 Å². The number of urea groups is 1. The van der Waals surface area contributed by atoms with Crippen molar-refractivity contribution in [2.75, 3.05) is 23.8 Å². The third kappa shape index (κ3) is 3.17. The number of hydrogen-bond acceptors (Lipinski definition) is 4. The van der Waals surface area contributed by atoms with Gasteiger partial charge in [-0.05, 0) is 17.9 Å². The molecule has 0 saturated carbocycles.